The van der Waals surface area contributed by atoms with Gasteiger partial charge in [0.25, 0.3) is 0 Å². The molecule has 0 aliphatic rings. The highest BCUT2D eigenvalue weighted by molar-refractivity contribution is 5.06. The normalized spacial score (nSPS) is 14.5. The summed E-state index contributed by atoms with van der Waals surface area (Å²) in [4.78, 5) is 0. The van der Waals surface area contributed by atoms with E-state index in [9.17, 15) is 5.11 Å². The van der Waals surface area contributed by atoms with Crippen molar-refractivity contribution in [2.75, 3.05) is 0 Å². The van der Waals surface area contributed by atoms with Crippen molar-refractivity contribution < 1.29 is 5.11 Å². The lowest BCUT2D eigenvalue weighted by Gasteiger charge is -2.18. The van der Waals surface area contributed by atoms with Crippen molar-refractivity contribution in [1.82, 2.24) is 9.78 Å². The molecule has 1 unspecified atom stereocenters. The third-order valence-electron chi connectivity index (χ3n) is 1.85. The van der Waals surface area contributed by atoms with E-state index in [1.807, 2.05) is 17.1 Å². The molecule has 0 saturated heterocycles. The fraction of sp³-hybridized carbons (Fsp3) is 0.700. The predicted molar refractivity (Wildman–Crippen MR) is 52.6 cm³/mol. The molecule has 74 valence electrons. The lowest BCUT2D eigenvalue weighted by atomic mass is 10.1. The van der Waals surface area contributed by atoms with E-state index in [2.05, 4.69) is 25.9 Å². The van der Waals surface area contributed by atoms with Gasteiger partial charge in [0, 0.05) is 12.6 Å². The zero-order valence-corrected chi connectivity index (χ0v) is 8.78. The van der Waals surface area contributed by atoms with Gasteiger partial charge in [-0.3, -0.25) is 4.68 Å². The molecule has 1 N–H and O–H groups in total. The second kappa shape index (κ2) is 3.50. The fourth-order valence-corrected chi connectivity index (χ4v) is 1.17. The Morgan fingerprint density at radius 2 is 2.15 bits per heavy atom. The summed E-state index contributed by atoms with van der Waals surface area (Å²) in [6.07, 6.45) is 4.19. The molecule has 1 aromatic rings. The topological polar surface area (TPSA) is 38.1 Å². The number of hydrogen-bond acceptors (Lipinski definition) is 2. The van der Waals surface area contributed by atoms with Crippen LogP contribution < -0.4 is 0 Å². The van der Waals surface area contributed by atoms with Crippen LogP contribution in [0.4, 0.5) is 0 Å². The van der Waals surface area contributed by atoms with E-state index in [4.69, 9.17) is 0 Å². The monoisotopic (exact) mass is 182 g/mol. The Hall–Kier alpha value is -0.830. The van der Waals surface area contributed by atoms with Gasteiger partial charge in [0.15, 0.2) is 0 Å². The molecule has 0 spiro atoms. The molecule has 1 atom stereocenters. The van der Waals surface area contributed by atoms with Gasteiger partial charge in [-0.25, -0.2) is 0 Å². The van der Waals surface area contributed by atoms with Gasteiger partial charge in [0.1, 0.15) is 0 Å². The number of aliphatic hydroxyl groups is 1. The molecule has 0 fully saturated rings. The second-order valence-corrected chi connectivity index (χ2v) is 4.52. The van der Waals surface area contributed by atoms with Crippen LogP contribution in [0.1, 0.15) is 33.3 Å². The summed E-state index contributed by atoms with van der Waals surface area (Å²) < 4.78 is 1.92. The highest BCUT2D eigenvalue weighted by atomic mass is 16.3. The van der Waals surface area contributed by atoms with Crippen LogP contribution in [0.15, 0.2) is 12.4 Å². The van der Waals surface area contributed by atoms with Crippen LogP contribution in [-0.4, -0.2) is 21.0 Å². The van der Waals surface area contributed by atoms with Crippen LogP contribution in [0.5, 0.6) is 0 Å². The Balaban J connectivity index is 2.75. The zero-order chi connectivity index (χ0) is 10.1. The summed E-state index contributed by atoms with van der Waals surface area (Å²) in [7, 11) is 0. The van der Waals surface area contributed by atoms with Crippen LogP contribution in [0.3, 0.4) is 0 Å². The van der Waals surface area contributed by atoms with E-state index in [0.29, 0.717) is 6.42 Å². The largest absolute Gasteiger partial charge is 0.393 e. The molecule has 0 aromatic carbocycles. The van der Waals surface area contributed by atoms with Crippen LogP contribution in [0, 0.1) is 0 Å². The average molecular weight is 182 g/mol. The standard InChI is InChI=1S/C10H18N2O/c1-8(13)5-9-6-11-12(7-9)10(2,3)4/h6-8,13H,5H2,1-4H3. The average Bonchev–Trinajstić information content (AvgIpc) is 2.32. The van der Waals surface area contributed by atoms with E-state index >= 15 is 0 Å². The van der Waals surface area contributed by atoms with Crippen molar-refractivity contribution in [2.24, 2.45) is 0 Å². The van der Waals surface area contributed by atoms with Gasteiger partial charge in [-0.15, -0.1) is 0 Å². The summed E-state index contributed by atoms with van der Waals surface area (Å²) in [5.74, 6) is 0. The van der Waals surface area contributed by atoms with E-state index in [1.165, 1.54) is 0 Å². The van der Waals surface area contributed by atoms with Gasteiger partial charge >= 0.3 is 0 Å². The highest BCUT2D eigenvalue weighted by Gasteiger charge is 2.14. The highest BCUT2D eigenvalue weighted by Crippen LogP contribution is 2.13. The first-order chi connectivity index (χ1) is 5.89. The number of aliphatic hydroxyl groups excluding tert-OH is 1. The first kappa shape index (κ1) is 10.3. The molecule has 0 bridgehead atoms. The molecule has 1 heterocycles. The minimum absolute atomic E-state index is 0.0247. The van der Waals surface area contributed by atoms with Crippen molar-refractivity contribution in [3.05, 3.63) is 18.0 Å². The number of hydrogen-bond donors (Lipinski definition) is 1. The number of aromatic nitrogens is 2. The molecular weight excluding hydrogens is 164 g/mol. The van der Waals surface area contributed by atoms with E-state index in [1.54, 1.807) is 6.92 Å². The zero-order valence-electron chi connectivity index (χ0n) is 8.78. The lowest BCUT2D eigenvalue weighted by molar-refractivity contribution is 0.195. The third-order valence-corrected chi connectivity index (χ3v) is 1.85. The van der Waals surface area contributed by atoms with Gasteiger partial charge < -0.3 is 5.11 Å². The molecular formula is C10H18N2O. The van der Waals surface area contributed by atoms with Crippen molar-refractivity contribution in [3.63, 3.8) is 0 Å². The summed E-state index contributed by atoms with van der Waals surface area (Å²) in [5, 5.41) is 13.4. The SMILES string of the molecule is CC(O)Cc1cnn(C(C)(C)C)c1. The molecule has 3 heteroatoms. The number of rotatable bonds is 2. The van der Waals surface area contributed by atoms with Crippen LogP contribution >= 0.6 is 0 Å². The van der Waals surface area contributed by atoms with Gasteiger partial charge in [-0.05, 0) is 33.3 Å². The number of nitrogens with zero attached hydrogens (tertiary/aromatic N) is 2. The first-order valence-corrected chi connectivity index (χ1v) is 4.61. The Morgan fingerprint density at radius 1 is 1.54 bits per heavy atom. The minimum atomic E-state index is -0.294. The molecule has 0 amide bonds. The Bertz CT molecular complexity index is 271. The second-order valence-electron chi connectivity index (χ2n) is 4.52. The maximum absolute atomic E-state index is 9.18. The Kier molecular flexibility index (Phi) is 2.76. The molecule has 0 radical (unpaired) electrons. The summed E-state index contributed by atoms with van der Waals surface area (Å²) in [5.41, 5.74) is 1.11. The van der Waals surface area contributed by atoms with Crippen molar-refractivity contribution in [3.8, 4) is 0 Å². The lowest BCUT2D eigenvalue weighted by Crippen LogP contribution is -2.22. The van der Waals surface area contributed by atoms with Crippen LogP contribution in [0.2, 0.25) is 0 Å². The molecule has 0 aliphatic heterocycles. The smallest absolute Gasteiger partial charge is 0.0553 e. The van der Waals surface area contributed by atoms with E-state index in [0.717, 1.165) is 5.56 Å². The van der Waals surface area contributed by atoms with E-state index < -0.39 is 0 Å². The van der Waals surface area contributed by atoms with Crippen LogP contribution in [-0.2, 0) is 12.0 Å². The molecule has 1 rings (SSSR count). The van der Waals surface area contributed by atoms with Crippen molar-refractivity contribution in [2.45, 2.75) is 45.8 Å². The van der Waals surface area contributed by atoms with Crippen molar-refractivity contribution in [1.29, 1.82) is 0 Å². The molecule has 13 heavy (non-hydrogen) atoms. The molecule has 3 nitrogen and oxygen atoms in total. The summed E-state index contributed by atoms with van der Waals surface area (Å²) in [6.45, 7) is 8.10. The van der Waals surface area contributed by atoms with Gasteiger partial charge in [-0.1, -0.05) is 0 Å². The first-order valence-electron chi connectivity index (χ1n) is 4.61. The van der Waals surface area contributed by atoms with Crippen LogP contribution in [0.25, 0.3) is 0 Å². The summed E-state index contributed by atoms with van der Waals surface area (Å²) >= 11 is 0. The quantitative estimate of drug-likeness (QED) is 0.753. The summed E-state index contributed by atoms with van der Waals surface area (Å²) in [6, 6.07) is 0. The predicted octanol–water partition coefficient (Wildman–Crippen LogP) is 1.56. The fourth-order valence-electron chi connectivity index (χ4n) is 1.17. The maximum atomic E-state index is 9.18. The molecule has 0 saturated carbocycles. The Morgan fingerprint density at radius 3 is 2.54 bits per heavy atom. The molecule has 1 aromatic heterocycles. The van der Waals surface area contributed by atoms with Gasteiger partial charge in [0.2, 0.25) is 0 Å². The van der Waals surface area contributed by atoms with Gasteiger partial charge in [0.05, 0.1) is 17.8 Å². The van der Waals surface area contributed by atoms with Crippen molar-refractivity contribution >= 4 is 0 Å². The molecule has 0 aliphatic carbocycles. The third kappa shape index (κ3) is 2.84. The Labute approximate surface area is 79.4 Å². The van der Waals surface area contributed by atoms with E-state index in [-0.39, 0.29) is 11.6 Å². The maximum Gasteiger partial charge on any atom is 0.0553 e. The van der Waals surface area contributed by atoms with Gasteiger partial charge in [-0.2, -0.15) is 5.10 Å². The minimum Gasteiger partial charge on any atom is -0.393 e.